The first-order valence-electron chi connectivity index (χ1n) is 8.20. The van der Waals surface area contributed by atoms with Gasteiger partial charge in [0.1, 0.15) is 12.1 Å². The lowest BCUT2D eigenvalue weighted by Gasteiger charge is -2.13. The van der Waals surface area contributed by atoms with Crippen LogP contribution in [-0.4, -0.2) is 30.8 Å². The van der Waals surface area contributed by atoms with Gasteiger partial charge in [-0.3, -0.25) is 4.68 Å². The highest BCUT2D eigenvalue weighted by Gasteiger charge is 2.20. The summed E-state index contributed by atoms with van der Waals surface area (Å²) < 4.78 is 1.71. The van der Waals surface area contributed by atoms with Crippen LogP contribution < -0.4 is 5.32 Å². The van der Waals surface area contributed by atoms with Gasteiger partial charge in [-0.15, -0.1) is 0 Å². The van der Waals surface area contributed by atoms with Crippen LogP contribution in [0, 0.1) is 0 Å². The second kappa shape index (κ2) is 6.59. The fourth-order valence-corrected chi connectivity index (χ4v) is 2.55. The largest absolute Gasteiger partial charge is 0.478 e. The number of hydrogen-bond acceptors (Lipinski definition) is 5. The average Bonchev–Trinajstić information content (AvgIpc) is 2.96. The zero-order chi connectivity index (χ0) is 18.9. The summed E-state index contributed by atoms with van der Waals surface area (Å²) in [4.78, 5) is 19.7. The smallest absolute Gasteiger partial charge is 0.337 e. The lowest BCUT2D eigenvalue weighted by molar-refractivity contribution is 0.0698. The van der Waals surface area contributed by atoms with Crippen LogP contribution in [-0.2, 0) is 12.5 Å². The highest BCUT2D eigenvalue weighted by molar-refractivity contribution is 5.96. The molecule has 0 radical (unpaired) electrons. The Balaban J connectivity index is 2.03. The Hall–Kier alpha value is -3.22. The van der Waals surface area contributed by atoms with E-state index in [9.17, 15) is 9.90 Å². The normalized spacial score (nSPS) is 11.4. The molecule has 0 spiro atoms. The van der Waals surface area contributed by atoms with Gasteiger partial charge in [0.25, 0.3) is 0 Å². The lowest BCUT2D eigenvalue weighted by atomic mass is 9.92. The van der Waals surface area contributed by atoms with Gasteiger partial charge in [0.05, 0.1) is 16.9 Å². The Kier molecular flexibility index (Phi) is 4.46. The van der Waals surface area contributed by atoms with E-state index in [-0.39, 0.29) is 11.0 Å². The van der Waals surface area contributed by atoms with Gasteiger partial charge in [-0.2, -0.15) is 5.10 Å². The van der Waals surface area contributed by atoms with Crippen molar-refractivity contribution in [2.45, 2.75) is 26.2 Å². The third-order valence-corrected chi connectivity index (χ3v) is 4.05. The Morgan fingerprint density at radius 1 is 1.12 bits per heavy atom. The number of nitrogens with one attached hydrogen (secondary N) is 1. The maximum atomic E-state index is 11.6. The molecule has 2 aromatic heterocycles. The highest BCUT2D eigenvalue weighted by Crippen LogP contribution is 2.29. The summed E-state index contributed by atoms with van der Waals surface area (Å²) in [5.41, 5.74) is 3.14. The number of aromatic nitrogens is 4. The predicted octanol–water partition coefficient (Wildman–Crippen LogP) is 3.62. The molecule has 0 atom stereocenters. The molecule has 3 aromatic rings. The quantitative estimate of drug-likeness (QED) is 0.746. The number of aromatic carboxylic acids is 1. The fraction of sp³-hybridized carbons (Fsp3) is 0.263. The second-order valence-electron chi connectivity index (χ2n) is 7.11. The third kappa shape index (κ3) is 3.56. The van der Waals surface area contributed by atoms with Crippen molar-refractivity contribution in [2.75, 3.05) is 5.32 Å². The number of hydrogen-bond donors (Lipinski definition) is 2. The molecular weight excluding hydrogens is 330 g/mol. The summed E-state index contributed by atoms with van der Waals surface area (Å²) in [6.07, 6.45) is 4.83. The van der Waals surface area contributed by atoms with Gasteiger partial charge in [-0.1, -0.05) is 26.8 Å². The molecule has 0 saturated heterocycles. The second-order valence-corrected chi connectivity index (χ2v) is 7.11. The van der Waals surface area contributed by atoms with Gasteiger partial charge in [0, 0.05) is 36.5 Å². The Labute approximate surface area is 151 Å². The molecule has 0 aliphatic rings. The number of benzene rings is 1. The van der Waals surface area contributed by atoms with Crippen molar-refractivity contribution in [2.24, 2.45) is 7.05 Å². The molecule has 7 nitrogen and oxygen atoms in total. The third-order valence-electron chi connectivity index (χ3n) is 4.05. The molecule has 0 saturated carbocycles. The van der Waals surface area contributed by atoms with E-state index in [2.05, 4.69) is 41.2 Å². The van der Waals surface area contributed by atoms with Crippen molar-refractivity contribution < 1.29 is 9.90 Å². The van der Waals surface area contributed by atoms with E-state index in [1.165, 1.54) is 6.33 Å². The Bertz CT molecular complexity index is 942. The number of rotatable bonds is 4. The number of carboxylic acids is 1. The summed E-state index contributed by atoms with van der Waals surface area (Å²) in [6, 6.07) is 7.04. The summed E-state index contributed by atoms with van der Waals surface area (Å²) in [6.45, 7) is 6.24. The number of carboxylic acid groups (broad SMARTS) is 1. The summed E-state index contributed by atoms with van der Waals surface area (Å²) >= 11 is 0. The number of carbonyl (C=O) groups is 1. The van der Waals surface area contributed by atoms with Crippen LogP contribution in [0.1, 0.15) is 36.8 Å². The number of anilines is 2. The van der Waals surface area contributed by atoms with E-state index >= 15 is 0 Å². The van der Waals surface area contributed by atoms with Gasteiger partial charge in [0.2, 0.25) is 0 Å². The van der Waals surface area contributed by atoms with E-state index in [1.54, 1.807) is 35.3 Å². The Morgan fingerprint density at radius 2 is 1.81 bits per heavy atom. The van der Waals surface area contributed by atoms with Crippen LogP contribution >= 0.6 is 0 Å². The molecule has 2 N–H and O–H groups in total. The molecular formula is C19H21N5O2. The van der Waals surface area contributed by atoms with E-state index in [1.807, 2.05) is 13.1 Å². The Morgan fingerprint density at radius 3 is 2.38 bits per heavy atom. The topological polar surface area (TPSA) is 92.9 Å². The van der Waals surface area contributed by atoms with Crippen LogP contribution in [0.4, 0.5) is 11.5 Å². The standard InChI is InChI=1S/C19H21N5O2/c1-19(2,3)16-8-17(24(4)23-16)22-15-7-12(5-6-14(15)18(25)26)13-9-20-11-21-10-13/h5-11,22H,1-4H3,(H,25,26). The van der Waals surface area contributed by atoms with Gasteiger partial charge in [-0.05, 0) is 17.7 Å². The maximum absolute atomic E-state index is 11.6. The molecule has 0 fully saturated rings. The van der Waals surface area contributed by atoms with Crippen LogP contribution in [0.2, 0.25) is 0 Å². The van der Waals surface area contributed by atoms with Crippen LogP contribution in [0.3, 0.4) is 0 Å². The van der Waals surface area contributed by atoms with Crippen molar-refractivity contribution in [3.63, 3.8) is 0 Å². The van der Waals surface area contributed by atoms with Crippen molar-refractivity contribution in [3.05, 3.63) is 54.2 Å². The van der Waals surface area contributed by atoms with Gasteiger partial charge in [0.15, 0.2) is 0 Å². The SMILES string of the molecule is Cn1nc(C(C)(C)C)cc1Nc1cc(-c2cncnc2)ccc1C(=O)O. The van der Waals surface area contributed by atoms with Crippen molar-refractivity contribution in [3.8, 4) is 11.1 Å². The average molecular weight is 351 g/mol. The van der Waals surface area contributed by atoms with Gasteiger partial charge >= 0.3 is 5.97 Å². The molecule has 7 heteroatoms. The molecule has 0 aliphatic heterocycles. The number of aryl methyl sites for hydroxylation is 1. The fourth-order valence-electron chi connectivity index (χ4n) is 2.55. The van der Waals surface area contributed by atoms with E-state index < -0.39 is 5.97 Å². The molecule has 3 rings (SSSR count). The molecule has 1 aromatic carbocycles. The van der Waals surface area contributed by atoms with Crippen LogP contribution in [0.5, 0.6) is 0 Å². The van der Waals surface area contributed by atoms with Gasteiger partial charge in [-0.25, -0.2) is 14.8 Å². The predicted molar refractivity (Wildman–Crippen MR) is 99.6 cm³/mol. The van der Waals surface area contributed by atoms with Crippen molar-refractivity contribution in [1.29, 1.82) is 0 Å². The summed E-state index contributed by atoms with van der Waals surface area (Å²) in [5.74, 6) is -0.277. The summed E-state index contributed by atoms with van der Waals surface area (Å²) in [5, 5.41) is 17.2. The zero-order valence-electron chi connectivity index (χ0n) is 15.2. The molecule has 2 heterocycles. The number of nitrogens with zero attached hydrogens (tertiary/aromatic N) is 4. The minimum Gasteiger partial charge on any atom is -0.478 e. The van der Waals surface area contributed by atoms with Crippen molar-refractivity contribution >= 4 is 17.5 Å². The van der Waals surface area contributed by atoms with Gasteiger partial charge < -0.3 is 10.4 Å². The molecule has 26 heavy (non-hydrogen) atoms. The van der Waals surface area contributed by atoms with Crippen molar-refractivity contribution in [1.82, 2.24) is 19.7 Å². The van der Waals surface area contributed by atoms with Crippen LogP contribution in [0.15, 0.2) is 43.0 Å². The first-order valence-corrected chi connectivity index (χ1v) is 8.20. The van der Waals surface area contributed by atoms with E-state index in [0.29, 0.717) is 5.69 Å². The molecule has 0 aliphatic carbocycles. The van der Waals surface area contributed by atoms with Crippen LogP contribution in [0.25, 0.3) is 11.1 Å². The molecule has 0 amide bonds. The monoisotopic (exact) mass is 351 g/mol. The minimum atomic E-state index is -0.999. The lowest BCUT2D eigenvalue weighted by Crippen LogP contribution is -2.12. The first kappa shape index (κ1) is 17.6. The molecule has 134 valence electrons. The molecule has 0 unspecified atom stereocenters. The zero-order valence-corrected chi connectivity index (χ0v) is 15.2. The summed E-state index contributed by atoms with van der Waals surface area (Å²) in [7, 11) is 1.83. The highest BCUT2D eigenvalue weighted by atomic mass is 16.4. The molecule has 0 bridgehead atoms. The minimum absolute atomic E-state index is 0.101. The maximum Gasteiger partial charge on any atom is 0.337 e. The van der Waals surface area contributed by atoms with E-state index in [0.717, 1.165) is 22.6 Å². The first-order chi connectivity index (χ1) is 12.3. The van der Waals surface area contributed by atoms with E-state index in [4.69, 9.17) is 0 Å².